The van der Waals surface area contributed by atoms with Crippen LogP contribution in [-0.2, 0) is 4.74 Å². The van der Waals surface area contributed by atoms with Crippen LogP contribution in [0.15, 0.2) is 5.11 Å². The lowest BCUT2D eigenvalue weighted by Gasteiger charge is -2.42. The van der Waals surface area contributed by atoms with Gasteiger partial charge in [-0.15, -0.1) is 0 Å². The second-order valence-electron chi connectivity index (χ2n) is 5.99. The minimum absolute atomic E-state index is 0.167. The van der Waals surface area contributed by atoms with Crippen LogP contribution in [0.4, 0.5) is 0 Å². The van der Waals surface area contributed by atoms with E-state index in [1.54, 1.807) is 0 Å². The Kier molecular flexibility index (Phi) is 3.95. The van der Waals surface area contributed by atoms with Gasteiger partial charge in [0.1, 0.15) is 0 Å². The van der Waals surface area contributed by atoms with Crippen molar-refractivity contribution in [2.45, 2.75) is 52.1 Å². The molecule has 96 valence electrons. The number of azide groups is 1. The molecule has 1 heterocycles. The summed E-state index contributed by atoms with van der Waals surface area (Å²) in [6, 6.07) is 0. The highest BCUT2D eigenvalue weighted by Crippen LogP contribution is 2.50. The van der Waals surface area contributed by atoms with Crippen LogP contribution in [0.3, 0.4) is 0 Å². The second-order valence-corrected chi connectivity index (χ2v) is 5.99. The molecule has 0 radical (unpaired) electrons. The van der Waals surface area contributed by atoms with Crippen LogP contribution >= 0.6 is 0 Å². The third kappa shape index (κ3) is 2.58. The fraction of sp³-hybridized carbons (Fsp3) is 1.00. The number of nitrogens with zero attached hydrogens (tertiary/aromatic N) is 3. The van der Waals surface area contributed by atoms with E-state index in [4.69, 9.17) is 10.3 Å². The molecule has 17 heavy (non-hydrogen) atoms. The molecule has 2 aliphatic rings. The Morgan fingerprint density at radius 1 is 1.47 bits per heavy atom. The van der Waals surface area contributed by atoms with E-state index in [-0.39, 0.29) is 6.10 Å². The van der Waals surface area contributed by atoms with E-state index in [0.717, 1.165) is 24.9 Å². The number of hydrogen-bond donors (Lipinski definition) is 0. The Hall–Kier alpha value is -0.730. The van der Waals surface area contributed by atoms with E-state index < -0.39 is 0 Å². The van der Waals surface area contributed by atoms with Gasteiger partial charge in [0.2, 0.25) is 0 Å². The van der Waals surface area contributed by atoms with Crippen LogP contribution < -0.4 is 0 Å². The Morgan fingerprint density at radius 3 is 3.00 bits per heavy atom. The first-order valence-corrected chi connectivity index (χ1v) is 6.80. The van der Waals surface area contributed by atoms with Crippen molar-refractivity contribution in [3.63, 3.8) is 0 Å². The molecule has 1 aliphatic carbocycles. The standard InChI is InChI=1S/C13H23N3O/c1-10(2)11-4-3-5-13(8-11)6-7-17-12(13)9-15-16-14/h10-12H,3-9H2,1-2H3. The lowest BCUT2D eigenvalue weighted by Crippen LogP contribution is -2.39. The Bertz CT molecular complexity index is 312. The average Bonchev–Trinajstić information content (AvgIpc) is 2.69. The largest absolute Gasteiger partial charge is 0.377 e. The van der Waals surface area contributed by atoms with Gasteiger partial charge in [-0.1, -0.05) is 31.8 Å². The van der Waals surface area contributed by atoms with Crippen molar-refractivity contribution in [1.82, 2.24) is 0 Å². The van der Waals surface area contributed by atoms with Gasteiger partial charge in [-0.05, 0) is 42.0 Å². The molecule has 1 saturated heterocycles. The molecule has 0 bridgehead atoms. The zero-order chi connectivity index (χ0) is 12.3. The molecule has 1 aliphatic heterocycles. The van der Waals surface area contributed by atoms with E-state index in [9.17, 15) is 0 Å². The summed E-state index contributed by atoms with van der Waals surface area (Å²) < 4.78 is 5.81. The quantitative estimate of drug-likeness (QED) is 0.417. The van der Waals surface area contributed by atoms with Crippen LogP contribution in [-0.4, -0.2) is 19.3 Å². The monoisotopic (exact) mass is 237 g/mol. The fourth-order valence-electron chi connectivity index (χ4n) is 3.63. The summed E-state index contributed by atoms with van der Waals surface area (Å²) in [5, 5.41) is 3.73. The molecule has 0 aromatic rings. The summed E-state index contributed by atoms with van der Waals surface area (Å²) in [5.74, 6) is 1.58. The maximum absolute atomic E-state index is 8.46. The molecule has 2 fully saturated rings. The van der Waals surface area contributed by atoms with Gasteiger partial charge in [-0.25, -0.2) is 0 Å². The summed E-state index contributed by atoms with van der Waals surface area (Å²) in [6.07, 6.45) is 6.49. The highest BCUT2D eigenvalue weighted by molar-refractivity contribution is 4.97. The molecule has 0 amide bonds. The second kappa shape index (κ2) is 5.28. The molecule has 1 saturated carbocycles. The van der Waals surface area contributed by atoms with Crippen molar-refractivity contribution in [1.29, 1.82) is 0 Å². The molecule has 3 unspecified atom stereocenters. The summed E-state index contributed by atoms with van der Waals surface area (Å²) in [5.41, 5.74) is 8.76. The van der Waals surface area contributed by atoms with Gasteiger partial charge in [0.15, 0.2) is 0 Å². The third-order valence-electron chi connectivity index (χ3n) is 4.77. The van der Waals surface area contributed by atoms with Crippen LogP contribution in [0.25, 0.3) is 10.4 Å². The average molecular weight is 237 g/mol. The summed E-state index contributed by atoms with van der Waals surface area (Å²) in [4.78, 5) is 2.88. The number of ether oxygens (including phenoxy) is 1. The fourth-order valence-corrected chi connectivity index (χ4v) is 3.63. The minimum atomic E-state index is 0.167. The summed E-state index contributed by atoms with van der Waals surface area (Å²) in [6.45, 7) is 6.00. The van der Waals surface area contributed by atoms with Gasteiger partial charge >= 0.3 is 0 Å². The summed E-state index contributed by atoms with van der Waals surface area (Å²) >= 11 is 0. The van der Waals surface area contributed by atoms with Gasteiger partial charge in [0, 0.05) is 11.5 Å². The zero-order valence-corrected chi connectivity index (χ0v) is 10.9. The minimum Gasteiger partial charge on any atom is -0.377 e. The molecule has 0 aromatic carbocycles. The van der Waals surface area contributed by atoms with Gasteiger partial charge < -0.3 is 4.74 Å². The maximum Gasteiger partial charge on any atom is 0.0688 e. The van der Waals surface area contributed by atoms with Crippen LogP contribution in [0.2, 0.25) is 0 Å². The van der Waals surface area contributed by atoms with E-state index in [2.05, 4.69) is 23.9 Å². The van der Waals surface area contributed by atoms with Crippen molar-refractivity contribution in [2.75, 3.05) is 13.2 Å². The van der Waals surface area contributed by atoms with E-state index >= 15 is 0 Å². The first kappa shape index (κ1) is 12.7. The number of hydrogen-bond acceptors (Lipinski definition) is 2. The molecule has 4 heteroatoms. The van der Waals surface area contributed by atoms with Crippen LogP contribution in [0, 0.1) is 17.3 Å². The first-order chi connectivity index (χ1) is 8.18. The van der Waals surface area contributed by atoms with Crippen molar-refractivity contribution in [2.24, 2.45) is 22.4 Å². The summed E-state index contributed by atoms with van der Waals surface area (Å²) in [7, 11) is 0. The SMILES string of the molecule is CC(C)C1CCCC2(CCOC2CN=[N+]=[N-])C1. The Labute approximate surface area is 103 Å². The highest BCUT2D eigenvalue weighted by atomic mass is 16.5. The van der Waals surface area contributed by atoms with Gasteiger partial charge in [-0.3, -0.25) is 0 Å². The van der Waals surface area contributed by atoms with Crippen molar-refractivity contribution in [3.8, 4) is 0 Å². The predicted octanol–water partition coefficient (Wildman–Crippen LogP) is 3.92. The highest BCUT2D eigenvalue weighted by Gasteiger charge is 2.46. The lowest BCUT2D eigenvalue weighted by molar-refractivity contribution is 0.0132. The molecular weight excluding hydrogens is 214 g/mol. The Morgan fingerprint density at radius 2 is 2.29 bits per heavy atom. The molecular formula is C13H23N3O. The normalized spacial score (nSPS) is 37.4. The van der Waals surface area contributed by atoms with Gasteiger partial charge in [0.05, 0.1) is 12.6 Å². The van der Waals surface area contributed by atoms with Crippen LogP contribution in [0.1, 0.15) is 46.0 Å². The smallest absolute Gasteiger partial charge is 0.0688 e. The van der Waals surface area contributed by atoms with Gasteiger partial charge in [0.25, 0.3) is 0 Å². The van der Waals surface area contributed by atoms with E-state index in [1.165, 1.54) is 25.7 Å². The van der Waals surface area contributed by atoms with Crippen molar-refractivity contribution < 1.29 is 4.74 Å². The molecule has 0 aromatic heterocycles. The van der Waals surface area contributed by atoms with E-state index in [0.29, 0.717) is 12.0 Å². The number of rotatable bonds is 3. The predicted molar refractivity (Wildman–Crippen MR) is 67.6 cm³/mol. The zero-order valence-electron chi connectivity index (χ0n) is 10.9. The lowest BCUT2D eigenvalue weighted by atomic mass is 9.63. The maximum atomic E-state index is 8.46. The molecule has 1 spiro atoms. The van der Waals surface area contributed by atoms with Gasteiger partial charge in [-0.2, -0.15) is 0 Å². The molecule has 4 nitrogen and oxygen atoms in total. The topological polar surface area (TPSA) is 58.0 Å². The first-order valence-electron chi connectivity index (χ1n) is 6.80. The van der Waals surface area contributed by atoms with Crippen molar-refractivity contribution in [3.05, 3.63) is 10.4 Å². The molecule has 2 rings (SSSR count). The molecule has 0 N–H and O–H groups in total. The third-order valence-corrected chi connectivity index (χ3v) is 4.77. The van der Waals surface area contributed by atoms with E-state index in [1.807, 2.05) is 0 Å². The van der Waals surface area contributed by atoms with Crippen molar-refractivity contribution >= 4 is 0 Å². The molecule has 3 atom stereocenters. The Balaban J connectivity index is 2.07. The van der Waals surface area contributed by atoms with Crippen LogP contribution in [0.5, 0.6) is 0 Å².